The molecule has 32 heavy (non-hydrogen) atoms. The average molecular weight is 476 g/mol. The molecule has 0 aliphatic carbocycles. The number of fused-ring (bicyclic) bond motifs is 1. The SMILES string of the molecule is C[C@@]1(c2ccc(Cl)cc2)NC(=O)N(CC(=O)c2ccc3c(c2)CCCN3S(C)(=O)=O)C1=O. The summed E-state index contributed by atoms with van der Waals surface area (Å²) in [4.78, 5) is 39.4. The van der Waals surface area contributed by atoms with Crippen LogP contribution in [0.2, 0.25) is 5.02 Å². The van der Waals surface area contributed by atoms with E-state index < -0.39 is 39.8 Å². The van der Waals surface area contributed by atoms with Crippen LogP contribution >= 0.6 is 11.6 Å². The number of sulfonamides is 1. The molecule has 1 fully saturated rings. The average Bonchev–Trinajstić information content (AvgIpc) is 2.96. The van der Waals surface area contributed by atoms with Crippen molar-refractivity contribution in [1.82, 2.24) is 10.2 Å². The Morgan fingerprint density at radius 2 is 1.84 bits per heavy atom. The summed E-state index contributed by atoms with van der Waals surface area (Å²) in [5.41, 5.74) is 0.884. The van der Waals surface area contributed by atoms with Crippen molar-refractivity contribution in [1.29, 1.82) is 0 Å². The number of hydrogen-bond donors (Lipinski definition) is 1. The number of Topliss-reactive ketones (excluding diaryl/α,β-unsaturated/α-hetero) is 1. The second-order valence-corrected chi connectivity index (χ2v) is 10.5. The molecule has 0 spiro atoms. The van der Waals surface area contributed by atoms with Crippen LogP contribution in [-0.4, -0.2) is 50.4 Å². The van der Waals surface area contributed by atoms with Crippen molar-refractivity contribution < 1.29 is 22.8 Å². The number of imide groups is 1. The maximum Gasteiger partial charge on any atom is 0.325 e. The van der Waals surface area contributed by atoms with Gasteiger partial charge in [-0.25, -0.2) is 13.2 Å². The van der Waals surface area contributed by atoms with Crippen LogP contribution in [0.5, 0.6) is 0 Å². The van der Waals surface area contributed by atoms with Gasteiger partial charge in [-0.1, -0.05) is 23.7 Å². The number of nitrogens with zero attached hydrogens (tertiary/aromatic N) is 2. The van der Waals surface area contributed by atoms with Crippen molar-refractivity contribution >= 4 is 45.0 Å². The van der Waals surface area contributed by atoms with E-state index in [1.807, 2.05) is 0 Å². The van der Waals surface area contributed by atoms with Crippen LogP contribution in [0.3, 0.4) is 0 Å². The fraction of sp³-hybridized carbons (Fsp3) is 0.318. The Kier molecular flexibility index (Phi) is 5.50. The second kappa shape index (κ2) is 7.90. The number of aryl methyl sites for hydroxylation is 1. The van der Waals surface area contributed by atoms with Crippen LogP contribution in [-0.2, 0) is 26.8 Å². The standard InChI is InChI=1S/C22H22ClN3O5S/c1-22(16-6-8-17(23)9-7-16)20(28)25(21(29)24-22)13-19(27)15-5-10-18-14(12-15)4-3-11-26(18)32(2,30)31/h5-10,12H,3-4,11,13H2,1-2H3,(H,24,29)/t22-/m0/s1. The summed E-state index contributed by atoms with van der Waals surface area (Å²) in [5.74, 6) is -0.937. The van der Waals surface area contributed by atoms with E-state index in [1.165, 1.54) is 10.4 Å². The molecule has 1 atom stereocenters. The highest BCUT2D eigenvalue weighted by molar-refractivity contribution is 7.92. The smallest absolute Gasteiger partial charge is 0.319 e. The van der Waals surface area contributed by atoms with Crippen LogP contribution in [0, 0.1) is 0 Å². The summed E-state index contributed by atoms with van der Waals surface area (Å²) in [5, 5.41) is 3.17. The van der Waals surface area contributed by atoms with E-state index in [9.17, 15) is 22.8 Å². The molecule has 8 nitrogen and oxygen atoms in total. The van der Waals surface area contributed by atoms with Crippen LogP contribution in [0.1, 0.15) is 34.8 Å². The normalized spacial score (nSPS) is 20.8. The minimum absolute atomic E-state index is 0.319. The van der Waals surface area contributed by atoms with Gasteiger partial charge in [0, 0.05) is 17.1 Å². The number of halogens is 1. The maximum absolute atomic E-state index is 13.1. The van der Waals surface area contributed by atoms with E-state index >= 15 is 0 Å². The third-order valence-corrected chi connectivity index (χ3v) is 7.31. The predicted molar refractivity (Wildman–Crippen MR) is 120 cm³/mol. The lowest BCUT2D eigenvalue weighted by Gasteiger charge is -2.29. The van der Waals surface area contributed by atoms with E-state index in [2.05, 4.69) is 5.32 Å². The van der Waals surface area contributed by atoms with Crippen LogP contribution in [0.25, 0.3) is 0 Å². The Labute approximate surface area is 191 Å². The van der Waals surface area contributed by atoms with Gasteiger partial charge < -0.3 is 5.32 Å². The summed E-state index contributed by atoms with van der Waals surface area (Å²) in [6.07, 6.45) is 2.43. The molecule has 1 N–H and O–H groups in total. The van der Waals surface area contributed by atoms with Gasteiger partial charge in [-0.15, -0.1) is 0 Å². The lowest BCUT2D eigenvalue weighted by atomic mass is 9.92. The molecule has 10 heteroatoms. The molecule has 2 aromatic carbocycles. The Bertz CT molecular complexity index is 1230. The number of ketones is 1. The molecular formula is C22H22ClN3O5S. The number of carbonyl (C=O) groups is 3. The number of anilines is 1. The van der Waals surface area contributed by atoms with Gasteiger partial charge in [-0.3, -0.25) is 18.8 Å². The molecule has 0 saturated carbocycles. The Hall–Kier alpha value is -2.91. The number of nitrogens with one attached hydrogen (secondary N) is 1. The van der Waals surface area contributed by atoms with E-state index in [0.29, 0.717) is 41.2 Å². The molecule has 2 aliphatic heterocycles. The van der Waals surface area contributed by atoms with E-state index in [1.54, 1.807) is 43.3 Å². The summed E-state index contributed by atoms with van der Waals surface area (Å²) in [6, 6.07) is 10.7. The topological polar surface area (TPSA) is 104 Å². The summed E-state index contributed by atoms with van der Waals surface area (Å²) < 4.78 is 25.4. The Balaban J connectivity index is 1.56. The van der Waals surface area contributed by atoms with E-state index in [4.69, 9.17) is 11.6 Å². The van der Waals surface area contributed by atoms with Gasteiger partial charge >= 0.3 is 6.03 Å². The number of amides is 3. The molecule has 168 valence electrons. The highest BCUT2D eigenvalue weighted by atomic mass is 35.5. The fourth-order valence-corrected chi connectivity index (χ4v) is 5.26. The molecule has 1 saturated heterocycles. The van der Waals surface area contributed by atoms with Gasteiger partial charge in [0.05, 0.1) is 18.5 Å². The Morgan fingerprint density at radius 1 is 1.16 bits per heavy atom. The van der Waals surface area contributed by atoms with Gasteiger partial charge in [-0.2, -0.15) is 0 Å². The number of rotatable bonds is 5. The molecule has 4 rings (SSSR count). The lowest BCUT2D eigenvalue weighted by Crippen LogP contribution is -2.41. The van der Waals surface area contributed by atoms with Crippen LogP contribution in [0.4, 0.5) is 10.5 Å². The third-order valence-electron chi connectivity index (χ3n) is 5.88. The van der Waals surface area contributed by atoms with E-state index in [-0.39, 0.29) is 0 Å². The molecule has 2 aromatic rings. The molecule has 0 aromatic heterocycles. The summed E-state index contributed by atoms with van der Waals surface area (Å²) in [7, 11) is -3.41. The van der Waals surface area contributed by atoms with Crippen molar-refractivity contribution in [3.05, 3.63) is 64.2 Å². The minimum Gasteiger partial charge on any atom is -0.319 e. The number of hydrogen-bond acceptors (Lipinski definition) is 5. The molecule has 0 unspecified atom stereocenters. The van der Waals surface area contributed by atoms with Crippen molar-refractivity contribution in [2.75, 3.05) is 23.7 Å². The molecule has 2 heterocycles. The number of benzene rings is 2. The first-order chi connectivity index (χ1) is 15.0. The van der Waals surface area contributed by atoms with Crippen molar-refractivity contribution in [3.8, 4) is 0 Å². The van der Waals surface area contributed by atoms with Gasteiger partial charge in [0.25, 0.3) is 5.91 Å². The fourth-order valence-electron chi connectivity index (χ4n) is 4.13. The van der Waals surface area contributed by atoms with Gasteiger partial charge in [0.2, 0.25) is 10.0 Å². The minimum atomic E-state index is -3.41. The highest BCUT2D eigenvalue weighted by Crippen LogP contribution is 2.32. The van der Waals surface area contributed by atoms with E-state index in [0.717, 1.165) is 16.7 Å². The molecule has 3 amide bonds. The largest absolute Gasteiger partial charge is 0.325 e. The number of carbonyl (C=O) groups excluding carboxylic acids is 3. The van der Waals surface area contributed by atoms with Gasteiger partial charge in [0.1, 0.15) is 5.54 Å². The third kappa shape index (κ3) is 3.86. The monoisotopic (exact) mass is 475 g/mol. The zero-order valence-corrected chi connectivity index (χ0v) is 19.2. The molecule has 0 bridgehead atoms. The lowest BCUT2D eigenvalue weighted by molar-refractivity contribution is -0.130. The Morgan fingerprint density at radius 3 is 2.50 bits per heavy atom. The van der Waals surface area contributed by atoms with Crippen molar-refractivity contribution in [2.45, 2.75) is 25.3 Å². The molecule has 2 aliphatic rings. The van der Waals surface area contributed by atoms with Gasteiger partial charge in [-0.05, 0) is 61.2 Å². The van der Waals surface area contributed by atoms with Crippen molar-refractivity contribution in [2.24, 2.45) is 0 Å². The molecule has 0 radical (unpaired) electrons. The highest BCUT2D eigenvalue weighted by Gasteiger charge is 2.49. The first kappa shape index (κ1) is 22.3. The zero-order chi connectivity index (χ0) is 23.3. The van der Waals surface area contributed by atoms with Gasteiger partial charge in [0.15, 0.2) is 5.78 Å². The number of urea groups is 1. The second-order valence-electron chi connectivity index (χ2n) is 8.16. The quantitative estimate of drug-likeness (QED) is 0.529. The summed E-state index contributed by atoms with van der Waals surface area (Å²) >= 11 is 5.91. The summed E-state index contributed by atoms with van der Waals surface area (Å²) in [6.45, 7) is 1.56. The van der Waals surface area contributed by atoms with Crippen molar-refractivity contribution in [3.63, 3.8) is 0 Å². The van der Waals surface area contributed by atoms with Crippen LogP contribution in [0.15, 0.2) is 42.5 Å². The maximum atomic E-state index is 13.1. The first-order valence-electron chi connectivity index (χ1n) is 10.0. The van der Waals surface area contributed by atoms with Crippen LogP contribution < -0.4 is 9.62 Å². The first-order valence-corrected chi connectivity index (χ1v) is 12.3. The predicted octanol–water partition coefficient (Wildman–Crippen LogP) is 2.70. The molecular weight excluding hydrogens is 454 g/mol. The zero-order valence-electron chi connectivity index (χ0n) is 17.6.